The van der Waals surface area contributed by atoms with Crippen molar-refractivity contribution in [3.63, 3.8) is 0 Å². The van der Waals surface area contributed by atoms with E-state index in [9.17, 15) is 4.79 Å². The fourth-order valence-electron chi connectivity index (χ4n) is 1.45. The van der Waals surface area contributed by atoms with E-state index in [2.05, 4.69) is 20.8 Å². The Balaban J connectivity index is 2.45. The molecule has 0 fully saturated rings. The molecule has 0 N–H and O–H groups in total. The Morgan fingerprint density at radius 2 is 1.55 bits per heavy atom. The van der Waals surface area contributed by atoms with Gasteiger partial charge in [-0.25, -0.2) is 0 Å². The summed E-state index contributed by atoms with van der Waals surface area (Å²) in [7, 11) is 0. The molecule has 1 aromatic rings. The van der Waals surface area contributed by atoms with Crippen LogP contribution in [0.15, 0.2) is 24.3 Å². The SMILES string of the molecule is CCC(C)(C)C(=O)Oc1ccc(OCOCC(C)(C)C)cc1. The van der Waals surface area contributed by atoms with E-state index in [0.29, 0.717) is 18.1 Å². The van der Waals surface area contributed by atoms with Crippen LogP contribution in [-0.4, -0.2) is 19.4 Å². The first-order valence-electron chi connectivity index (χ1n) is 7.67. The maximum Gasteiger partial charge on any atom is 0.316 e. The Morgan fingerprint density at radius 3 is 2.05 bits per heavy atom. The second kappa shape index (κ2) is 7.63. The lowest BCUT2D eigenvalue weighted by Gasteiger charge is -2.20. The molecular formula is C18H28O4. The van der Waals surface area contributed by atoms with Crippen LogP contribution in [0.2, 0.25) is 0 Å². The molecule has 0 aliphatic heterocycles. The summed E-state index contributed by atoms with van der Waals surface area (Å²) in [6, 6.07) is 6.98. The number of hydrogen-bond acceptors (Lipinski definition) is 4. The lowest BCUT2D eigenvalue weighted by molar-refractivity contribution is -0.144. The minimum atomic E-state index is -0.476. The van der Waals surface area contributed by atoms with Gasteiger partial charge in [-0.1, -0.05) is 27.7 Å². The highest BCUT2D eigenvalue weighted by Gasteiger charge is 2.27. The molecule has 0 spiro atoms. The van der Waals surface area contributed by atoms with Crippen molar-refractivity contribution >= 4 is 5.97 Å². The number of ether oxygens (including phenoxy) is 3. The zero-order chi connectivity index (χ0) is 16.8. The van der Waals surface area contributed by atoms with E-state index in [1.165, 1.54) is 0 Å². The molecule has 0 aliphatic carbocycles. The molecule has 4 heteroatoms. The maximum absolute atomic E-state index is 12.0. The third-order valence-electron chi connectivity index (χ3n) is 3.31. The van der Waals surface area contributed by atoms with Gasteiger partial charge in [-0.05, 0) is 49.9 Å². The minimum absolute atomic E-state index is 0.119. The average molecular weight is 308 g/mol. The predicted octanol–water partition coefficient (Wildman–Crippen LogP) is 4.43. The van der Waals surface area contributed by atoms with Crippen molar-refractivity contribution in [3.05, 3.63) is 24.3 Å². The summed E-state index contributed by atoms with van der Waals surface area (Å²) in [5.41, 5.74) is -0.358. The molecule has 0 aliphatic rings. The van der Waals surface area contributed by atoms with Crippen LogP contribution >= 0.6 is 0 Å². The van der Waals surface area contributed by atoms with Crippen molar-refractivity contribution in [3.8, 4) is 11.5 Å². The molecule has 0 bridgehead atoms. The Kier molecular flexibility index (Phi) is 6.42. The lowest BCUT2D eigenvalue weighted by atomic mass is 9.91. The van der Waals surface area contributed by atoms with Gasteiger partial charge >= 0.3 is 5.97 Å². The average Bonchev–Trinajstić information content (AvgIpc) is 2.44. The monoisotopic (exact) mass is 308 g/mol. The fraction of sp³-hybridized carbons (Fsp3) is 0.611. The highest BCUT2D eigenvalue weighted by atomic mass is 16.7. The molecule has 22 heavy (non-hydrogen) atoms. The highest BCUT2D eigenvalue weighted by molar-refractivity contribution is 5.78. The van der Waals surface area contributed by atoms with E-state index in [0.717, 1.165) is 6.42 Å². The smallest absolute Gasteiger partial charge is 0.316 e. The molecule has 0 saturated carbocycles. The molecule has 0 aromatic heterocycles. The Bertz CT molecular complexity index is 469. The van der Waals surface area contributed by atoms with Gasteiger partial charge in [0.2, 0.25) is 0 Å². The largest absolute Gasteiger partial charge is 0.468 e. The summed E-state index contributed by atoms with van der Waals surface area (Å²) in [6.07, 6.45) is 0.734. The van der Waals surface area contributed by atoms with Crippen LogP contribution in [0.4, 0.5) is 0 Å². The number of rotatable bonds is 7. The summed E-state index contributed by atoms with van der Waals surface area (Å²) in [5, 5.41) is 0. The van der Waals surface area contributed by atoms with Crippen LogP contribution in [0, 0.1) is 10.8 Å². The molecule has 0 atom stereocenters. The van der Waals surface area contributed by atoms with Crippen molar-refractivity contribution in [2.75, 3.05) is 13.4 Å². The van der Waals surface area contributed by atoms with Gasteiger partial charge in [-0.2, -0.15) is 0 Å². The van der Waals surface area contributed by atoms with Gasteiger partial charge in [0.15, 0.2) is 6.79 Å². The second-order valence-corrected chi connectivity index (χ2v) is 7.27. The van der Waals surface area contributed by atoms with Crippen LogP contribution in [-0.2, 0) is 9.53 Å². The summed E-state index contributed by atoms with van der Waals surface area (Å²) in [6.45, 7) is 12.9. The third-order valence-corrected chi connectivity index (χ3v) is 3.31. The van der Waals surface area contributed by atoms with Crippen molar-refractivity contribution in [1.82, 2.24) is 0 Å². The molecule has 1 aromatic carbocycles. The van der Waals surface area contributed by atoms with Crippen LogP contribution < -0.4 is 9.47 Å². The minimum Gasteiger partial charge on any atom is -0.468 e. The standard InChI is InChI=1S/C18H28O4/c1-7-18(5,6)16(19)22-15-10-8-14(9-11-15)21-13-20-12-17(2,3)4/h8-11H,7,12-13H2,1-6H3. The summed E-state index contributed by atoms with van der Waals surface area (Å²) in [4.78, 5) is 12.0. The molecule has 0 saturated heterocycles. The Labute approximate surface area is 133 Å². The van der Waals surface area contributed by atoms with E-state index in [4.69, 9.17) is 14.2 Å². The predicted molar refractivity (Wildman–Crippen MR) is 87.1 cm³/mol. The van der Waals surface area contributed by atoms with Crippen LogP contribution in [0.5, 0.6) is 11.5 Å². The number of hydrogen-bond donors (Lipinski definition) is 0. The normalized spacial score (nSPS) is 12.1. The van der Waals surface area contributed by atoms with Crippen LogP contribution in [0.1, 0.15) is 48.0 Å². The number of benzene rings is 1. The van der Waals surface area contributed by atoms with Crippen LogP contribution in [0.3, 0.4) is 0 Å². The maximum atomic E-state index is 12.0. The zero-order valence-electron chi connectivity index (χ0n) is 14.6. The third kappa shape index (κ3) is 6.48. The first-order valence-corrected chi connectivity index (χ1v) is 7.67. The van der Waals surface area contributed by atoms with Crippen molar-refractivity contribution in [2.24, 2.45) is 10.8 Å². The highest BCUT2D eigenvalue weighted by Crippen LogP contribution is 2.25. The van der Waals surface area contributed by atoms with Gasteiger partial charge in [0.1, 0.15) is 11.5 Å². The van der Waals surface area contributed by atoms with Gasteiger partial charge in [-0.3, -0.25) is 4.79 Å². The van der Waals surface area contributed by atoms with Gasteiger partial charge in [0.25, 0.3) is 0 Å². The molecular weight excluding hydrogens is 280 g/mol. The Hall–Kier alpha value is -1.55. The first-order chi connectivity index (χ1) is 10.1. The van der Waals surface area contributed by atoms with Gasteiger partial charge in [0.05, 0.1) is 12.0 Å². The summed E-state index contributed by atoms with van der Waals surface area (Å²) in [5.74, 6) is 0.982. The first kappa shape index (κ1) is 18.5. The quantitative estimate of drug-likeness (QED) is 0.323. The van der Waals surface area contributed by atoms with E-state index < -0.39 is 5.41 Å². The molecule has 4 nitrogen and oxygen atoms in total. The van der Waals surface area contributed by atoms with E-state index in [-0.39, 0.29) is 18.2 Å². The lowest BCUT2D eigenvalue weighted by Crippen LogP contribution is -2.28. The zero-order valence-corrected chi connectivity index (χ0v) is 14.6. The van der Waals surface area contributed by atoms with Gasteiger partial charge in [0, 0.05) is 0 Å². The fourth-order valence-corrected chi connectivity index (χ4v) is 1.45. The van der Waals surface area contributed by atoms with Crippen molar-refractivity contribution in [1.29, 1.82) is 0 Å². The van der Waals surface area contributed by atoms with Gasteiger partial charge < -0.3 is 14.2 Å². The molecule has 0 amide bonds. The topological polar surface area (TPSA) is 44.8 Å². The number of carbonyl (C=O) groups is 1. The van der Waals surface area contributed by atoms with E-state index >= 15 is 0 Å². The van der Waals surface area contributed by atoms with Crippen molar-refractivity contribution < 1.29 is 19.0 Å². The molecule has 124 valence electrons. The molecule has 0 heterocycles. The molecule has 0 radical (unpaired) electrons. The molecule has 1 rings (SSSR count). The Morgan fingerprint density at radius 1 is 1.00 bits per heavy atom. The number of carbonyl (C=O) groups excluding carboxylic acids is 1. The van der Waals surface area contributed by atoms with E-state index in [1.807, 2.05) is 20.8 Å². The second-order valence-electron chi connectivity index (χ2n) is 7.27. The van der Waals surface area contributed by atoms with Gasteiger partial charge in [-0.15, -0.1) is 0 Å². The molecule has 0 unspecified atom stereocenters. The van der Waals surface area contributed by atoms with Crippen LogP contribution in [0.25, 0.3) is 0 Å². The van der Waals surface area contributed by atoms with E-state index in [1.54, 1.807) is 24.3 Å². The summed E-state index contributed by atoms with van der Waals surface area (Å²) >= 11 is 0. The summed E-state index contributed by atoms with van der Waals surface area (Å²) < 4.78 is 16.3. The van der Waals surface area contributed by atoms with Crippen molar-refractivity contribution in [2.45, 2.75) is 48.0 Å². The number of esters is 1.